The molecule has 0 aromatic heterocycles. The molecule has 0 bridgehead atoms. The van der Waals surface area contributed by atoms with Gasteiger partial charge in [0.2, 0.25) is 0 Å². The number of ether oxygens (including phenoxy) is 7. The Hall–Kier alpha value is -3.82. The van der Waals surface area contributed by atoms with Gasteiger partial charge in [0.15, 0.2) is 30.7 Å². The summed E-state index contributed by atoms with van der Waals surface area (Å²) >= 11 is 0. The van der Waals surface area contributed by atoms with Crippen molar-refractivity contribution in [3.05, 3.63) is 33.9 Å². The second kappa shape index (κ2) is 13.5. The van der Waals surface area contributed by atoms with Crippen molar-refractivity contribution < 1.29 is 62.4 Å². The molecular weight excluding hydrogens is 502 g/mol. The lowest BCUT2D eigenvalue weighted by molar-refractivity contribution is -0.385. The molecule has 1 saturated heterocycles. The lowest BCUT2D eigenvalue weighted by atomic mass is 9.97. The topological polar surface area (TPSA) is 196 Å². The van der Waals surface area contributed by atoms with Crippen molar-refractivity contribution in [2.24, 2.45) is 0 Å². The molecule has 0 spiro atoms. The summed E-state index contributed by atoms with van der Waals surface area (Å²) in [7, 11) is 1.05. The molecule has 1 heterocycles. The van der Waals surface area contributed by atoms with E-state index in [1.54, 1.807) is 0 Å². The van der Waals surface area contributed by atoms with Crippen molar-refractivity contribution >= 4 is 29.6 Å². The SMILES string of the molecule is COC(=O)[C@H]1OC(OCCOc2cc([N+](=O)[O-])ccc2CO)[C@H](OC(C)=O)[C@@H](OC(C)=O)[C@@H]1OC(C)=O. The van der Waals surface area contributed by atoms with Crippen molar-refractivity contribution in [3.63, 3.8) is 0 Å². The van der Waals surface area contributed by atoms with Crippen LogP contribution in [0.4, 0.5) is 5.69 Å². The van der Waals surface area contributed by atoms with Crippen molar-refractivity contribution in [2.75, 3.05) is 20.3 Å². The maximum Gasteiger partial charge on any atom is 0.339 e. The van der Waals surface area contributed by atoms with Gasteiger partial charge >= 0.3 is 23.9 Å². The highest BCUT2D eigenvalue weighted by molar-refractivity contribution is 5.77. The van der Waals surface area contributed by atoms with E-state index in [0.29, 0.717) is 0 Å². The second-order valence-corrected chi connectivity index (χ2v) is 7.60. The molecule has 37 heavy (non-hydrogen) atoms. The molecule has 1 unspecified atom stereocenters. The predicted octanol–water partition coefficient (Wildman–Crippen LogP) is 0.175. The number of aliphatic hydroxyl groups excluding tert-OH is 1. The monoisotopic (exact) mass is 529 g/mol. The average Bonchev–Trinajstić information content (AvgIpc) is 2.83. The van der Waals surface area contributed by atoms with Crippen molar-refractivity contribution in [3.8, 4) is 5.75 Å². The third-order valence-corrected chi connectivity index (χ3v) is 4.89. The van der Waals surface area contributed by atoms with Crippen LogP contribution in [0.1, 0.15) is 26.3 Å². The molecule has 0 amide bonds. The lowest BCUT2D eigenvalue weighted by Crippen LogP contribution is -2.64. The van der Waals surface area contributed by atoms with Gasteiger partial charge in [-0.3, -0.25) is 24.5 Å². The number of esters is 4. The summed E-state index contributed by atoms with van der Waals surface area (Å²) in [5, 5.41) is 20.5. The Morgan fingerprint density at radius 3 is 2.11 bits per heavy atom. The molecule has 0 aliphatic carbocycles. The van der Waals surface area contributed by atoms with Crippen LogP contribution in [0.25, 0.3) is 0 Å². The quantitative estimate of drug-likeness (QED) is 0.134. The molecule has 1 fully saturated rings. The fraction of sp³-hybridized carbons (Fsp3) is 0.545. The molecule has 1 aliphatic rings. The minimum atomic E-state index is -1.62. The summed E-state index contributed by atoms with van der Waals surface area (Å²) in [6, 6.07) is 3.66. The van der Waals surface area contributed by atoms with Crippen LogP contribution in [0.15, 0.2) is 18.2 Å². The van der Waals surface area contributed by atoms with E-state index in [2.05, 4.69) is 0 Å². The molecule has 5 atom stereocenters. The van der Waals surface area contributed by atoms with Gasteiger partial charge in [-0.05, 0) is 6.07 Å². The highest BCUT2D eigenvalue weighted by Gasteiger charge is 2.55. The summed E-state index contributed by atoms with van der Waals surface area (Å²) in [5.74, 6) is -3.46. The second-order valence-electron chi connectivity index (χ2n) is 7.60. The summed E-state index contributed by atoms with van der Waals surface area (Å²) < 4.78 is 37.0. The van der Waals surface area contributed by atoms with Gasteiger partial charge in [0.05, 0.1) is 31.3 Å². The van der Waals surface area contributed by atoms with Crippen LogP contribution in [-0.4, -0.2) is 84.9 Å². The molecule has 1 aromatic carbocycles. The van der Waals surface area contributed by atoms with E-state index in [4.69, 9.17) is 33.2 Å². The first-order valence-electron chi connectivity index (χ1n) is 10.9. The summed E-state index contributed by atoms with van der Waals surface area (Å²) in [6.07, 6.45) is -7.65. The molecule has 2 rings (SSSR count). The molecule has 15 heteroatoms. The molecule has 1 aromatic rings. The van der Waals surface area contributed by atoms with E-state index in [-0.39, 0.29) is 30.2 Å². The molecule has 204 valence electrons. The smallest absolute Gasteiger partial charge is 0.339 e. The summed E-state index contributed by atoms with van der Waals surface area (Å²) in [6.45, 7) is 2.21. The van der Waals surface area contributed by atoms with Gasteiger partial charge in [-0.25, -0.2) is 4.79 Å². The zero-order valence-electron chi connectivity index (χ0n) is 20.4. The minimum absolute atomic E-state index is 0.0292. The minimum Gasteiger partial charge on any atom is -0.491 e. The van der Waals surface area contributed by atoms with Gasteiger partial charge in [0.1, 0.15) is 12.4 Å². The predicted molar refractivity (Wildman–Crippen MR) is 118 cm³/mol. The number of hydrogen-bond acceptors (Lipinski definition) is 14. The van der Waals surface area contributed by atoms with Crippen LogP contribution in [0.3, 0.4) is 0 Å². The number of non-ortho nitro benzene ring substituents is 1. The highest BCUT2D eigenvalue weighted by Crippen LogP contribution is 2.30. The van der Waals surface area contributed by atoms with E-state index >= 15 is 0 Å². The van der Waals surface area contributed by atoms with E-state index < -0.39 is 66.1 Å². The Bertz CT molecular complexity index is 1010. The number of carbonyl (C=O) groups excluding carboxylic acids is 4. The normalized spacial score (nSPS) is 22.9. The number of nitrogens with zero attached hydrogens (tertiary/aromatic N) is 1. The van der Waals surface area contributed by atoms with Crippen LogP contribution >= 0.6 is 0 Å². The van der Waals surface area contributed by atoms with Crippen LogP contribution in [0.5, 0.6) is 5.75 Å². The maximum atomic E-state index is 12.4. The van der Waals surface area contributed by atoms with Crippen LogP contribution in [0, 0.1) is 10.1 Å². The van der Waals surface area contributed by atoms with Crippen molar-refractivity contribution in [1.29, 1.82) is 0 Å². The van der Waals surface area contributed by atoms with Gasteiger partial charge in [-0.2, -0.15) is 0 Å². The first-order chi connectivity index (χ1) is 17.5. The highest BCUT2D eigenvalue weighted by atomic mass is 16.7. The zero-order valence-corrected chi connectivity index (χ0v) is 20.4. The molecule has 15 nitrogen and oxygen atoms in total. The van der Waals surface area contributed by atoms with Gasteiger partial charge in [0, 0.05) is 32.4 Å². The molecule has 1 aliphatic heterocycles. The number of aliphatic hydroxyl groups is 1. The first kappa shape index (κ1) is 29.4. The number of carbonyl (C=O) groups is 4. The Morgan fingerprint density at radius 2 is 1.57 bits per heavy atom. The van der Waals surface area contributed by atoms with Crippen LogP contribution < -0.4 is 4.74 Å². The Labute approximate surface area is 210 Å². The van der Waals surface area contributed by atoms with Gasteiger partial charge < -0.3 is 38.3 Å². The maximum absolute atomic E-state index is 12.4. The third kappa shape index (κ3) is 8.09. The Kier molecular flexibility index (Phi) is 10.7. The lowest BCUT2D eigenvalue weighted by Gasteiger charge is -2.43. The Morgan fingerprint density at radius 1 is 0.973 bits per heavy atom. The van der Waals surface area contributed by atoms with Crippen molar-refractivity contribution in [2.45, 2.75) is 58.1 Å². The van der Waals surface area contributed by atoms with Gasteiger partial charge in [-0.15, -0.1) is 0 Å². The number of nitro benzene ring substituents is 1. The van der Waals surface area contributed by atoms with Crippen LogP contribution in [0.2, 0.25) is 0 Å². The van der Waals surface area contributed by atoms with E-state index in [0.717, 1.165) is 33.9 Å². The van der Waals surface area contributed by atoms with E-state index in [1.807, 2.05) is 0 Å². The molecular formula is C22H27NO14. The van der Waals surface area contributed by atoms with Gasteiger partial charge in [-0.1, -0.05) is 0 Å². The average molecular weight is 529 g/mol. The largest absolute Gasteiger partial charge is 0.491 e. The summed E-state index contributed by atoms with van der Waals surface area (Å²) in [5.41, 5.74) is 0.0162. The number of methoxy groups -OCH3 is 1. The molecule has 0 saturated carbocycles. The number of rotatable bonds is 11. The third-order valence-electron chi connectivity index (χ3n) is 4.89. The standard InChI is InChI=1S/C22H27NO14/c1-11(25)34-17-18(35-12(2)26)20(36-13(3)27)22(37-19(17)21(28)31-4)33-8-7-32-16-9-15(23(29)30)6-5-14(16)10-24/h5-6,9,17-20,22,24H,7-8,10H2,1-4H3/t17-,18-,19-,20+,22?/m0/s1. The van der Waals surface area contributed by atoms with Crippen LogP contribution in [-0.2, 0) is 54.2 Å². The number of hydrogen-bond donors (Lipinski definition) is 1. The molecule has 1 N–H and O–H groups in total. The zero-order chi connectivity index (χ0) is 27.7. The Balaban J connectivity index is 2.26. The van der Waals surface area contributed by atoms with E-state index in [9.17, 15) is 34.4 Å². The summed E-state index contributed by atoms with van der Waals surface area (Å²) in [4.78, 5) is 58.0. The molecule has 0 radical (unpaired) electrons. The number of nitro groups is 1. The van der Waals surface area contributed by atoms with E-state index in [1.165, 1.54) is 12.1 Å². The fourth-order valence-corrected chi connectivity index (χ4v) is 3.45. The first-order valence-corrected chi connectivity index (χ1v) is 10.9. The van der Waals surface area contributed by atoms with Gasteiger partial charge in [0.25, 0.3) is 5.69 Å². The fourth-order valence-electron chi connectivity index (χ4n) is 3.45. The van der Waals surface area contributed by atoms with Crippen molar-refractivity contribution in [1.82, 2.24) is 0 Å². The number of benzene rings is 1.